The molecule has 6 nitrogen and oxygen atoms in total. The molecule has 110 valence electrons. The van der Waals surface area contributed by atoms with Crippen LogP contribution in [0.2, 0.25) is 0 Å². The summed E-state index contributed by atoms with van der Waals surface area (Å²) in [5, 5.41) is 20.4. The van der Waals surface area contributed by atoms with E-state index in [1.807, 2.05) is 6.07 Å². The second-order valence-corrected chi connectivity index (χ2v) is 5.10. The smallest absolute Gasteiger partial charge is 0.336 e. The first kappa shape index (κ1) is 14.9. The lowest BCUT2D eigenvalue weighted by molar-refractivity contribution is 0.0696. The molecule has 2 rings (SSSR count). The number of nitrogens with one attached hydrogen (secondary N) is 1. The molecule has 0 aliphatic heterocycles. The number of amides is 2. The minimum Gasteiger partial charge on any atom is -0.478 e. The SMILES string of the molecule is Cc1ccc(NC(=O)N(CCC#N)C2CC2)cc1C(=O)O. The molecule has 0 spiro atoms. The van der Waals surface area contributed by atoms with E-state index < -0.39 is 5.97 Å². The van der Waals surface area contributed by atoms with E-state index in [9.17, 15) is 9.59 Å². The summed E-state index contributed by atoms with van der Waals surface area (Å²) < 4.78 is 0. The second-order valence-electron chi connectivity index (χ2n) is 5.10. The summed E-state index contributed by atoms with van der Waals surface area (Å²) in [4.78, 5) is 25.0. The minimum absolute atomic E-state index is 0.169. The number of anilines is 1. The fraction of sp³-hybridized carbons (Fsp3) is 0.400. The van der Waals surface area contributed by atoms with Crippen LogP contribution < -0.4 is 5.32 Å². The van der Waals surface area contributed by atoms with Crippen molar-refractivity contribution < 1.29 is 14.7 Å². The fourth-order valence-corrected chi connectivity index (χ4v) is 2.13. The number of benzene rings is 1. The Morgan fingerprint density at radius 1 is 1.48 bits per heavy atom. The Morgan fingerprint density at radius 3 is 2.76 bits per heavy atom. The predicted molar refractivity (Wildman–Crippen MR) is 77.1 cm³/mol. The lowest BCUT2D eigenvalue weighted by Gasteiger charge is -2.21. The van der Waals surface area contributed by atoms with Gasteiger partial charge >= 0.3 is 12.0 Å². The van der Waals surface area contributed by atoms with E-state index in [0.29, 0.717) is 17.8 Å². The highest BCUT2D eigenvalue weighted by Crippen LogP contribution is 2.27. The Hall–Kier alpha value is -2.55. The van der Waals surface area contributed by atoms with Crippen LogP contribution in [0.1, 0.15) is 35.2 Å². The van der Waals surface area contributed by atoms with E-state index in [1.165, 1.54) is 6.07 Å². The molecule has 1 aromatic rings. The van der Waals surface area contributed by atoms with Crippen LogP contribution in [0.15, 0.2) is 18.2 Å². The van der Waals surface area contributed by atoms with Gasteiger partial charge in [-0.2, -0.15) is 5.26 Å². The Morgan fingerprint density at radius 2 is 2.19 bits per heavy atom. The van der Waals surface area contributed by atoms with Gasteiger partial charge in [-0.3, -0.25) is 0 Å². The number of urea groups is 1. The van der Waals surface area contributed by atoms with Crippen molar-refractivity contribution in [1.29, 1.82) is 5.26 Å². The molecule has 1 aliphatic carbocycles. The molecular weight excluding hydrogens is 270 g/mol. The highest BCUT2D eigenvalue weighted by Gasteiger charge is 2.32. The summed E-state index contributed by atoms with van der Waals surface area (Å²) >= 11 is 0. The van der Waals surface area contributed by atoms with Crippen LogP contribution in [0.4, 0.5) is 10.5 Å². The van der Waals surface area contributed by atoms with Gasteiger partial charge in [-0.15, -0.1) is 0 Å². The van der Waals surface area contributed by atoms with Crippen LogP contribution in [-0.4, -0.2) is 34.6 Å². The largest absolute Gasteiger partial charge is 0.478 e. The molecule has 0 saturated heterocycles. The second kappa shape index (κ2) is 6.27. The lowest BCUT2D eigenvalue weighted by atomic mass is 10.1. The number of nitriles is 1. The van der Waals surface area contributed by atoms with Crippen LogP contribution in [0, 0.1) is 18.3 Å². The quantitative estimate of drug-likeness (QED) is 0.870. The maximum absolute atomic E-state index is 12.2. The Labute approximate surface area is 123 Å². The fourth-order valence-electron chi connectivity index (χ4n) is 2.13. The van der Waals surface area contributed by atoms with Crippen LogP contribution >= 0.6 is 0 Å². The third kappa shape index (κ3) is 3.72. The van der Waals surface area contributed by atoms with Crippen molar-refractivity contribution in [3.63, 3.8) is 0 Å². The number of hydrogen-bond acceptors (Lipinski definition) is 3. The third-order valence-corrected chi connectivity index (χ3v) is 3.43. The summed E-state index contributed by atoms with van der Waals surface area (Å²) in [5.74, 6) is -1.02. The summed E-state index contributed by atoms with van der Waals surface area (Å²) in [6, 6.07) is 6.73. The van der Waals surface area contributed by atoms with Crippen molar-refractivity contribution in [3.05, 3.63) is 29.3 Å². The highest BCUT2D eigenvalue weighted by molar-refractivity contribution is 5.94. The van der Waals surface area contributed by atoms with Gasteiger partial charge < -0.3 is 15.3 Å². The number of carbonyl (C=O) groups is 2. The van der Waals surface area contributed by atoms with Gasteiger partial charge in [0.05, 0.1) is 18.1 Å². The molecular formula is C15H17N3O3. The van der Waals surface area contributed by atoms with E-state index in [1.54, 1.807) is 24.0 Å². The van der Waals surface area contributed by atoms with Crippen molar-refractivity contribution >= 4 is 17.7 Å². The van der Waals surface area contributed by atoms with E-state index in [0.717, 1.165) is 12.8 Å². The highest BCUT2D eigenvalue weighted by atomic mass is 16.4. The predicted octanol–water partition coefficient (Wildman–Crippen LogP) is 2.60. The topological polar surface area (TPSA) is 93.4 Å². The van der Waals surface area contributed by atoms with Crippen molar-refractivity contribution in [1.82, 2.24) is 4.90 Å². The zero-order valence-corrected chi connectivity index (χ0v) is 11.8. The number of rotatable bonds is 5. The average Bonchev–Trinajstić information content (AvgIpc) is 3.25. The van der Waals surface area contributed by atoms with Crippen molar-refractivity contribution in [2.24, 2.45) is 0 Å². The summed E-state index contributed by atoms with van der Waals surface area (Å²) in [6.07, 6.45) is 2.19. The number of hydrogen-bond donors (Lipinski definition) is 2. The Kier molecular flexibility index (Phi) is 4.43. The van der Waals surface area contributed by atoms with Gasteiger partial charge in [0, 0.05) is 18.3 Å². The van der Waals surface area contributed by atoms with E-state index in [2.05, 4.69) is 5.32 Å². The number of carboxylic acid groups (broad SMARTS) is 1. The molecule has 2 amide bonds. The standard InChI is InChI=1S/C15H17N3O3/c1-10-3-4-11(9-13(10)14(19)20)17-15(21)18(8-2-7-16)12-5-6-12/h3-4,9,12H,2,5-6,8H2,1H3,(H,17,21)(H,19,20). The maximum atomic E-state index is 12.2. The Bertz CT molecular complexity index is 603. The molecule has 6 heteroatoms. The first-order chi connectivity index (χ1) is 10.0. The van der Waals surface area contributed by atoms with Crippen LogP contribution in [0.3, 0.4) is 0 Å². The zero-order chi connectivity index (χ0) is 15.4. The van der Waals surface area contributed by atoms with Crippen LogP contribution in [-0.2, 0) is 0 Å². The molecule has 21 heavy (non-hydrogen) atoms. The number of carbonyl (C=O) groups excluding carboxylic acids is 1. The number of carboxylic acids is 1. The van der Waals surface area contributed by atoms with Gasteiger partial charge in [-0.25, -0.2) is 9.59 Å². The summed E-state index contributed by atoms with van der Waals surface area (Å²) in [7, 11) is 0. The van der Waals surface area contributed by atoms with Gasteiger partial charge in [-0.05, 0) is 37.5 Å². The first-order valence-corrected chi connectivity index (χ1v) is 6.81. The molecule has 0 heterocycles. The molecule has 1 saturated carbocycles. The molecule has 1 fully saturated rings. The third-order valence-electron chi connectivity index (χ3n) is 3.43. The van der Waals surface area contributed by atoms with Crippen molar-refractivity contribution in [2.45, 2.75) is 32.2 Å². The van der Waals surface area contributed by atoms with E-state index in [-0.39, 0.29) is 24.1 Å². The lowest BCUT2D eigenvalue weighted by Crippen LogP contribution is -2.37. The molecule has 0 atom stereocenters. The molecule has 0 aromatic heterocycles. The number of aryl methyl sites for hydroxylation is 1. The van der Waals surface area contributed by atoms with Crippen molar-refractivity contribution in [2.75, 3.05) is 11.9 Å². The molecule has 0 radical (unpaired) electrons. The van der Waals surface area contributed by atoms with Gasteiger partial charge in [0.2, 0.25) is 0 Å². The van der Waals surface area contributed by atoms with Gasteiger partial charge in [0.15, 0.2) is 0 Å². The maximum Gasteiger partial charge on any atom is 0.336 e. The molecule has 0 bridgehead atoms. The summed E-state index contributed by atoms with van der Waals surface area (Å²) in [6.45, 7) is 2.10. The van der Waals surface area contributed by atoms with Crippen molar-refractivity contribution in [3.8, 4) is 6.07 Å². The van der Waals surface area contributed by atoms with Gasteiger partial charge in [0.25, 0.3) is 0 Å². The number of nitrogens with zero attached hydrogens (tertiary/aromatic N) is 2. The van der Waals surface area contributed by atoms with Gasteiger partial charge in [0.1, 0.15) is 0 Å². The van der Waals surface area contributed by atoms with Crippen LogP contribution in [0.5, 0.6) is 0 Å². The number of aromatic carboxylic acids is 1. The molecule has 1 aromatic carbocycles. The summed E-state index contributed by atoms with van der Waals surface area (Å²) in [5.41, 5.74) is 1.26. The van der Waals surface area contributed by atoms with Gasteiger partial charge in [-0.1, -0.05) is 6.07 Å². The normalized spacial score (nSPS) is 13.3. The molecule has 2 N–H and O–H groups in total. The van der Waals surface area contributed by atoms with E-state index in [4.69, 9.17) is 10.4 Å². The zero-order valence-electron chi connectivity index (χ0n) is 11.8. The minimum atomic E-state index is -1.02. The Balaban J connectivity index is 2.09. The van der Waals surface area contributed by atoms with E-state index >= 15 is 0 Å². The molecule has 0 unspecified atom stereocenters. The monoisotopic (exact) mass is 287 g/mol. The molecule has 1 aliphatic rings. The average molecular weight is 287 g/mol. The first-order valence-electron chi connectivity index (χ1n) is 6.81. The van der Waals surface area contributed by atoms with Crippen LogP contribution in [0.25, 0.3) is 0 Å².